The highest BCUT2D eigenvalue weighted by Crippen LogP contribution is 2.37. The third kappa shape index (κ3) is 4.57. The predicted octanol–water partition coefficient (Wildman–Crippen LogP) is 6.47. The molecule has 0 aliphatic carbocycles. The zero-order valence-corrected chi connectivity index (χ0v) is 15.5. The van der Waals surface area contributed by atoms with Crippen LogP contribution in [0.15, 0.2) is 83.8 Å². The van der Waals surface area contributed by atoms with Crippen LogP contribution in [0.2, 0.25) is 10.0 Å². The van der Waals surface area contributed by atoms with Crippen LogP contribution < -0.4 is 5.32 Å². The minimum absolute atomic E-state index is 0.171. The molecule has 0 heterocycles. The van der Waals surface area contributed by atoms with Crippen molar-refractivity contribution in [3.8, 4) is 0 Å². The number of para-hydroxylation sites is 1. The SMILES string of the molecule is O=C(Nc1c(Cl)cccc1Cl)C(Sc1ccccc1)c1ccccc1. The number of thioether (sulfide) groups is 1. The maximum absolute atomic E-state index is 13.0. The van der Waals surface area contributed by atoms with Gasteiger partial charge in [-0.05, 0) is 29.8 Å². The zero-order chi connectivity index (χ0) is 17.6. The lowest BCUT2D eigenvalue weighted by Gasteiger charge is -2.18. The molecule has 0 radical (unpaired) electrons. The minimum Gasteiger partial charge on any atom is -0.322 e. The van der Waals surface area contributed by atoms with Crippen molar-refractivity contribution in [3.05, 3.63) is 94.5 Å². The fraction of sp³-hybridized carbons (Fsp3) is 0.0500. The van der Waals surface area contributed by atoms with Crippen molar-refractivity contribution in [2.24, 2.45) is 0 Å². The molecule has 3 rings (SSSR count). The molecule has 0 bridgehead atoms. The number of halogens is 2. The summed E-state index contributed by atoms with van der Waals surface area (Å²) in [5.74, 6) is -0.171. The van der Waals surface area contributed by atoms with Crippen molar-refractivity contribution in [2.45, 2.75) is 10.1 Å². The van der Waals surface area contributed by atoms with Crippen molar-refractivity contribution in [1.29, 1.82) is 0 Å². The van der Waals surface area contributed by atoms with Gasteiger partial charge in [0.05, 0.1) is 15.7 Å². The second-order valence-electron chi connectivity index (χ2n) is 5.31. The van der Waals surface area contributed by atoms with Gasteiger partial charge in [0.15, 0.2) is 0 Å². The molecule has 3 aromatic rings. The van der Waals surface area contributed by atoms with Gasteiger partial charge in [0.2, 0.25) is 5.91 Å². The molecule has 0 aliphatic heterocycles. The van der Waals surface area contributed by atoms with Gasteiger partial charge in [-0.15, -0.1) is 11.8 Å². The summed E-state index contributed by atoms with van der Waals surface area (Å²) in [5, 5.41) is 3.28. The minimum atomic E-state index is -0.420. The fourth-order valence-electron chi connectivity index (χ4n) is 2.34. The fourth-order valence-corrected chi connectivity index (χ4v) is 3.88. The summed E-state index contributed by atoms with van der Waals surface area (Å²) in [6, 6.07) is 24.6. The third-order valence-electron chi connectivity index (χ3n) is 3.55. The monoisotopic (exact) mass is 387 g/mol. The van der Waals surface area contributed by atoms with Crippen LogP contribution in [0, 0.1) is 0 Å². The van der Waals surface area contributed by atoms with Gasteiger partial charge >= 0.3 is 0 Å². The van der Waals surface area contributed by atoms with Gasteiger partial charge in [0.25, 0.3) is 0 Å². The van der Waals surface area contributed by atoms with Gasteiger partial charge in [-0.3, -0.25) is 4.79 Å². The lowest BCUT2D eigenvalue weighted by atomic mass is 10.1. The smallest absolute Gasteiger partial charge is 0.242 e. The number of amides is 1. The Morgan fingerprint density at radius 2 is 1.36 bits per heavy atom. The van der Waals surface area contributed by atoms with Crippen molar-refractivity contribution in [3.63, 3.8) is 0 Å². The van der Waals surface area contributed by atoms with E-state index in [1.54, 1.807) is 18.2 Å². The molecule has 126 valence electrons. The summed E-state index contributed by atoms with van der Waals surface area (Å²) in [4.78, 5) is 14.0. The molecule has 0 saturated heterocycles. The highest BCUT2D eigenvalue weighted by Gasteiger charge is 2.23. The van der Waals surface area contributed by atoms with E-state index in [1.807, 2.05) is 60.7 Å². The number of hydrogen-bond acceptors (Lipinski definition) is 2. The van der Waals surface area contributed by atoms with Gasteiger partial charge < -0.3 is 5.32 Å². The number of anilines is 1. The van der Waals surface area contributed by atoms with E-state index in [9.17, 15) is 4.79 Å². The molecule has 1 N–H and O–H groups in total. The molecule has 0 aromatic heterocycles. The summed E-state index contributed by atoms with van der Waals surface area (Å²) in [5.41, 5.74) is 1.35. The summed E-state index contributed by atoms with van der Waals surface area (Å²) in [6.07, 6.45) is 0. The molecular formula is C20H15Cl2NOS. The van der Waals surface area contributed by atoms with Gasteiger partial charge in [-0.25, -0.2) is 0 Å². The maximum Gasteiger partial charge on any atom is 0.242 e. The third-order valence-corrected chi connectivity index (χ3v) is 5.44. The van der Waals surface area contributed by atoms with Gasteiger partial charge in [0, 0.05) is 4.90 Å². The van der Waals surface area contributed by atoms with Crippen molar-refractivity contribution in [2.75, 3.05) is 5.32 Å². The molecule has 0 aliphatic rings. The van der Waals surface area contributed by atoms with Crippen LogP contribution in [0.25, 0.3) is 0 Å². The van der Waals surface area contributed by atoms with E-state index in [1.165, 1.54) is 11.8 Å². The Hall–Kier alpha value is -1.94. The van der Waals surface area contributed by atoms with E-state index in [-0.39, 0.29) is 5.91 Å². The average Bonchev–Trinajstić information content (AvgIpc) is 2.64. The normalized spacial score (nSPS) is 11.8. The lowest BCUT2D eigenvalue weighted by molar-refractivity contribution is -0.115. The Balaban J connectivity index is 1.90. The first-order chi connectivity index (χ1) is 12.1. The van der Waals surface area contributed by atoms with E-state index >= 15 is 0 Å². The van der Waals surface area contributed by atoms with E-state index in [0.29, 0.717) is 15.7 Å². The van der Waals surface area contributed by atoms with E-state index < -0.39 is 5.25 Å². The molecular weight excluding hydrogens is 373 g/mol. The largest absolute Gasteiger partial charge is 0.322 e. The molecule has 0 spiro atoms. The van der Waals surface area contributed by atoms with Crippen molar-refractivity contribution in [1.82, 2.24) is 0 Å². The average molecular weight is 388 g/mol. The van der Waals surface area contributed by atoms with Crippen molar-refractivity contribution >= 4 is 46.6 Å². The quantitative estimate of drug-likeness (QED) is 0.508. The Bertz CT molecular complexity index is 836. The van der Waals surface area contributed by atoms with Crippen LogP contribution >= 0.6 is 35.0 Å². The van der Waals surface area contributed by atoms with Crippen LogP contribution in [0.5, 0.6) is 0 Å². The first kappa shape index (κ1) is 17.9. The molecule has 1 unspecified atom stereocenters. The molecule has 0 saturated carbocycles. The Morgan fingerprint density at radius 3 is 1.96 bits per heavy atom. The number of hydrogen-bond donors (Lipinski definition) is 1. The van der Waals surface area contributed by atoms with E-state index in [4.69, 9.17) is 23.2 Å². The molecule has 0 fully saturated rings. The molecule has 5 heteroatoms. The van der Waals surface area contributed by atoms with Crippen LogP contribution in [0.1, 0.15) is 10.8 Å². The van der Waals surface area contributed by atoms with Crippen LogP contribution in [-0.2, 0) is 4.79 Å². The molecule has 3 aromatic carbocycles. The topological polar surface area (TPSA) is 29.1 Å². The first-order valence-electron chi connectivity index (χ1n) is 7.66. The van der Waals surface area contributed by atoms with Gasteiger partial charge in [-0.2, -0.15) is 0 Å². The van der Waals surface area contributed by atoms with E-state index in [2.05, 4.69) is 5.32 Å². The second-order valence-corrected chi connectivity index (χ2v) is 7.30. The summed E-state index contributed by atoms with van der Waals surface area (Å²) >= 11 is 13.8. The summed E-state index contributed by atoms with van der Waals surface area (Å²) in [7, 11) is 0. The standard InChI is InChI=1S/C20H15Cl2NOS/c21-16-12-7-13-17(22)18(16)23-20(24)19(14-8-3-1-4-9-14)25-15-10-5-2-6-11-15/h1-13,19H,(H,23,24). The zero-order valence-electron chi connectivity index (χ0n) is 13.2. The molecule has 1 amide bonds. The number of rotatable bonds is 5. The van der Waals surface area contributed by atoms with Crippen LogP contribution in [0.3, 0.4) is 0 Å². The van der Waals surface area contributed by atoms with Crippen LogP contribution in [0.4, 0.5) is 5.69 Å². The summed E-state index contributed by atoms with van der Waals surface area (Å²) < 4.78 is 0. The van der Waals surface area contributed by atoms with Gasteiger partial charge in [0.1, 0.15) is 5.25 Å². The Labute approximate surface area is 161 Å². The van der Waals surface area contributed by atoms with Crippen LogP contribution in [-0.4, -0.2) is 5.91 Å². The molecule has 25 heavy (non-hydrogen) atoms. The Kier molecular flexibility index (Phi) is 6.03. The molecule has 1 atom stereocenters. The first-order valence-corrected chi connectivity index (χ1v) is 9.30. The van der Waals surface area contributed by atoms with Gasteiger partial charge in [-0.1, -0.05) is 77.8 Å². The molecule has 2 nitrogen and oxygen atoms in total. The lowest BCUT2D eigenvalue weighted by Crippen LogP contribution is -2.19. The highest BCUT2D eigenvalue weighted by atomic mass is 35.5. The summed E-state index contributed by atoms with van der Waals surface area (Å²) in [6.45, 7) is 0. The number of benzene rings is 3. The highest BCUT2D eigenvalue weighted by molar-refractivity contribution is 8.00. The number of nitrogens with one attached hydrogen (secondary N) is 1. The van der Waals surface area contributed by atoms with E-state index in [0.717, 1.165) is 10.5 Å². The Morgan fingerprint density at radius 1 is 0.800 bits per heavy atom. The predicted molar refractivity (Wildman–Crippen MR) is 107 cm³/mol. The van der Waals surface area contributed by atoms with Crippen molar-refractivity contribution < 1.29 is 4.79 Å². The maximum atomic E-state index is 13.0. The number of carbonyl (C=O) groups is 1. The second kappa shape index (κ2) is 8.43. The number of carbonyl (C=O) groups excluding carboxylic acids is 1.